The normalized spacial score (nSPS) is 17.3. The first-order chi connectivity index (χ1) is 10.5. The second-order valence-corrected chi connectivity index (χ2v) is 6.63. The molecule has 22 heavy (non-hydrogen) atoms. The van der Waals surface area contributed by atoms with Gasteiger partial charge in [-0.25, -0.2) is 0 Å². The summed E-state index contributed by atoms with van der Waals surface area (Å²) >= 11 is 0. The van der Waals surface area contributed by atoms with Gasteiger partial charge in [0.15, 0.2) is 0 Å². The first-order valence-electron chi connectivity index (χ1n) is 8.06. The maximum absolute atomic E-state index is 12.6. The lowest BCUT2D eigenvalue weighted by Gasteiger charge is -2.25. The monoisotopic (exact) mass is 304 g/mol. The summed E-state index contributed by atoms with van der Waals surface area (Å²) in [6.07, 6.45) is 2.29. The summed E-state index contributed by atoms with van der Waals surface area (Å²) in [5.41, 5.74) is 2.41. The Morgan fingerprint density at radius 1 is 1.32 bits per heavy atom. The highest BCUT2D eigenvalue weighted by Crippen LogP contribution is 2.45. The van der Waals surface area contributed by atoms with E-state index in [0.717, 1.165) is 31.6 Å². The molecule has 0 aliphatic heterocycles. The molecular formula is C18H28N2O2. The third kappa shape index (κ3) is 4.31. The van der Waals surface area contributed by atoms with Gasteiger partial charge in [0.1, 0.15) is 6.04 Å². The van der Waals surface area contributed by atoms with Crippen molar-refractivity contribution in [3.8, 4) is 0 Å². The fourth-order valence-corrected chi connectivity index (χ4v) is 2.67. The van der Waals surface area contributed by atoms with Gasteiger partial charge in [0.2, 0.25) is 5.91 Å². The van der Waals surface area contributed by atoms with Gasteiger partial charge in [-0.1, -0.05) is 29.8 Å². The lowest BCUT2D eigenvalue weighted by Crippen LogP contribution is -2.40. The van der Waals surface area contributed by atoms with E-state index >= 15 is 0 Å². The van der Waals surface area contributed by atoms with Crippen molar-refractivity contribution in [1.82, 2.24) is 10.2 Å². The Balaban J connectivity index is 1.97. The molecule has 0 radical (unpaired) electrons. The number of amides is 1. The molecule has 1 aliphatic carbocycles. The van der Waals surface area contributed by atoms with Crippen LogP contribution in [-0.4, -0.2) is 44.7 Å². The highest BCUT2D eigenvalue weighted by molar-refractivity contribution is 5.83. The van der Waals surface area contributed by atoms with Crippen molar-refractivity contribution in [2.24, 2.45) is 5.41 Å². The van der Waals surface area contributed by atoms with E-state index in [1.54, 1.807) is 0 Å². The van der Waals surface area contributed by atoms with E-state index in [9.17, 15) is 4.79 Å². The number of likely N-dealkylation sites (N-methyl/N-ethyl adjacent to an activating group) is 1. The maximum atomic E-state index is 12.6. The van der Waals surface area contributed by atoms with Crippen LogP contribution < -0.4 is 5.32 Å². The minimum absolute atomic E-state index is 0.0663. The summed E-state index contributed by atoms with van der Waals surface area (Å²) < 4.78 is 5.54. The number of aryl methyl sites for hydroxylation is 1. The van der Waals surface area contributed by atoms with Gasteiger partial charge >= 0.3 is 0 Å². The average Bonchev–Trinajstić information content (AvgIpc) is 3.26. The van der Waals surface area contributed by atoms with Crippen molar-refractivity contribution >= 4 is 5.91 Å². The SMILES string of the molecule is CCOCC1(CNC(=O)C(c2ccc(C)cc2)N(C)C)CC1. The molecule has 1 saturated carbocycles. The molecule has 1 aromatic carbocycles. The van der Waals surface area contributed by atoms with E-state index < -0.39 is 0 Å². The Morgan fingerprint density at radius 2 is 1.95 bits per heavy atom. The Kier molecular flexibility index (Phi) is 5.59. The molecule has 1 N–H and O–H groups in total. The zero-order valence-corrected chi connectivity index (χ0v) is 14.2. The average molecular weight is 304 g/mol. The maximum Gasteiger partial charge on any atom is 0.241 e. The van der Waals surface area contributed by atoms with E-state index in [1.807, 2.05) is 38.1 Å². The molecule has 1 fully saturated rings. The number of nitrogens with one attached hydrogen (secondary N) is 1. The summed E-state index contributed by atoms with van der Waals surface area (Å²) in [7, 11) is 3.88. The Hall–Kier alpha value is -1.39. The van der Waals surface area contributed by atoms with Crippen molar-refractivity contribution in [3.05, 3.63) is 35.4 Å². The van der Waals surface area contributed by atoms with Crippen LogP contribution in [0.2, 0.25) is 0 Å². The predicted molar refractivity (Wildman–Crippen MR) is 88.8 cm³/mol. The second kappa shape index (κ2) is 7.25. The summed E-state index contributed by atoms with van der Waals surface area (Å²) in [5.74, 6) is 0.0663. The highest BCUT2D eigenvalue weighted by atomic mass is 16.5. The van der Waals surface area contributed by atoms with Crippen molar-refractivity contribution in [1.29, 1.82) is 0 Å². The third-order valence-electron chi connectivity index (χ3n) is 4.36. The minimum atomic E-state index is -0.247. The van der Waals surface area contributed by atoms with Gasteiger partial charge in [0.05, 0.1) is 6.61 Å². The molecule has 1 amide bonds. The molecule has 1 atom stereocenters. The fourth-order valence-electron chi connectivity index (χ4n) is 2.67. The number of carbonyl (C=O) groups is 1. The summed E-state index contributed by atoms with van der Waals surface area (Å²) in [4.78, 5) is 14.6. The Labute approximate surface area is 133 Å². The number of carbonyl (C=O) groups excluding carboxylic acids is 1. The van der Waals surface area contributed by atoms with Crippen LogP contribution in [0.1, 0.15) is 36.9 Å². The highest BCUT2D eigenvalue weighted by Gasteiger charge is 2.43. The van der Waals surface area contributed by atoms with E-state index in [2.05, 4.69) is 24.4 Å². The van der Waals surface area contributed by atoms with E-state index in [4.69, 9.17) is 4.74 Å². The van der Waals surface area contributed by atoms with Crippen LogP contribution in [0, 0.1) is 12.3 Å². The van der Waals surface area contributed by atoms with Crippen LogP contribution >= 0.6 is 0 Å². The zero-order valence-electron chi connectivity index (χ0n) is 14.2. The first-order valence-corrected chi connectivity index (χ1v) is 8.06. The van der Waals surface area contributed by atoms with Crippen LogP contribution in [-0.2, 0) is 9.53 Å². The summed E-state index contributed by atoms with van der Waals surface area (Å²) in [6, 6.07) is 7.93. The number of ether oxygens (including phenoxy) is 1. The molecule has 0 spiro atoms. The molecule has 4 nitrogen and oxygen atoms in total. The number of hydrogen-bond donors (Lipinski definition) is 1. The van der Waals surface area contributed by atoms with Gasteiger partial charge in [-0.2, -0.15) is 0 Å². The van der Waals surface area contributed by atoms with Crippen LogP contribution in [0.3, 0.4) is 0 Å². The molecule has 4 heteroatoms. The third-order valence-corrected chi connectivity index (χ3v) is 4.36. The van der Waals surface area contributed by atoms with E-state index in [1.165, 1.54) is 5.56 Å². The van der Waals surface area contributed by atoms with Gasteiger partial charge in [-0.15, -0.1) is 0 Å². The molecule has 0 heterocycles. The van der Waals surface area contributed by atoms with Crippen molar-refractivity contribution in [3.63, 3.8) is 0 Å². The molecule has 2 rings (SSSR count). The molecule has 0 bridgehead atoms. The second-order valence-electron chi connectivity index (χ2n) is 6.63. The van der Waals surface area contributed by atoms with E-state index in [0.29, 0.717) is 6.54 Å². The van der Waals surface area contributed by atoms with Crippen molar-refractivity contribution in [2.75, 3.05) is 33.9 Å². The van der Waals surface area contributed by atoms with Crippen molar-refractivity contribution < 1.29 is 9.53 Å². The lowest BCUT2D eigenvalue weighted by atomic mass is 10.0. The van der Waals surface area contributed by atoms with Crippen LogP contribution in [0.5, 0.6) is 0 Å². The van der Waals surface area contributed by atoms with Crippen LogP contribution in [0.25, 0.3) is 0 Å². The van der Waals surface area contributed by atoms with Crippen LogP contribution in [0.15, 0.2) is 24.3 Å². The van der Waals surface area contributed by atoms with Crippen molar-refractivity contribution in [2.45, 2.75) is 32.7 Å². The first kappa shape index (κ1) is 17.0. The quantitative estimate of drug-likeness (QED) is 0.802. The smallest absolute Gasteiger partial charge is 0.241 e. The number of hydrogen-bond acceptors (Lipinski definition) is 3. The number of rotatable bonds is 8. The van der Waals surface area contributed by atoms with Crippen LogP contribution in [0.4, 0.5) is 0 Å². The van der Waals surface area contributed by atoms with Gasteiger partial charge in [-0.05, 0) is 46.3 Å². The molecule has 1 aliphatic rings. The predicted octanol–water partition coefficient (Wildman–Crippen LogP) is 2.53. The lowest BCUT2D eigenvalue weighted by molar-refractivity contribution is -0.126. The fraction of sp³-hybridized carbons (Fsp3) is 0.611. The summed E-state index contributed by atoms with van der Waals surface area (Å²) in [6.45, 7) is 6.26. The minimum Gasteiger partial charge on any atom is -0.381 e. The largest absolute Gasteiger partial charge is 0.381 e. The Bertz CT molecular complexity index is 492. The summed E-state index contributed by atoms with van der Waals surface area (Å²) in [5, 5.41) is 3.13. The van der Waals surface area contributed by atoms with Gasteiger partial charge in [0.25, 0.3) is 0 Å². The van der Waals surface area contributed by atoms with E-state index in [-0.39, 0.29) is 17.4 Å². The van der Waals surface area contributed by atoms with Gasteiger partial charge < -0.3 is 10.1 Å². The molecule has 122 valence electrons. The zero-order chi connectivity index (χ0) is 16.2. The molecular weight excluding hydrogens is 276 g/mol. The standard InChI is InChI=1S/C18H28N2O2/c1-5-22-13-18(10-11-18)12-19-17(21)16(20(3)4)15-8-6-14(2)7-9-15/h6-9,16H,5,10-13H2,1-4H3,(H,19,21). The molecule has 0 aromatic heterocycles. The molecule has 1 unspecified atom stereocenters. The van der Waals surface area contributed by atoms with Gasteiger partial charge in [-0.3, -0.25) is 9.69 Å². The topological polar surface area (TPSA) is 41.6 Å². The molecule has 0 saturated heterocycles. The number of nitrogens with zero attached hydrogens (tertiary/aromatic N) is 1. The molecule has 1 aromatic rings. The Morgan fingerprint density at radius 3 is 2.45 bits per heavy atom. The number of benzene rings is 1. The van der Waals surface area contributed by atoms with Gasteiger partial charge in [0, 0.05) is 18.6 Å².